The molecule has 0 spiro atoms. The molecule has 1 aliphatic heterocycles. The molecule has 1 saturated heterocycles. The van der Waals surface area contributed by atoms with Gasteiger partial charge in [-0.15, -0.1) is 5.10 Å². The fraction of sp³-hybridized carbons (Fsp3) is 0.385. The molecular formula is C13H16N8O. The zero-order valence-electron chi connectivity index (χ0n) is 12.0. The van der Waals surface area contributed by atoms with E-state index in [-0.39, 0.29) is 12.5 Å². The molecule has 1 amide bonds. The van der Waals surface area contributed by atoms with Crippen LogP contribution >= 0.6 is 0 Å². The number of aromatic nitrogens is 5. The van der Waals surface area contributed by atoms with Crippen molar-refractivity contribution in [2.75, 3.05) is 18.0 Å². The normalized spacial score (nSPS) is 14.6. The first-order chi connectivity index (χ1) is 10.8. The number of hydrogen-bond donors (Lipinski definition) is 1. The van der Waals surface area contributed by atoms with Crippen LogP contribution < -0.4 is 10.3 Å². The monoisotopic (exact) mass is 300 g/mol. The van der Waals surface area contributed by atoms with Crippen LogP contribution in [0.3, 0.4) is 0 Å². The summed E-state index contributed by atoms with van der Waals surface area (Å²) in [5.41, 5.74) is 3.07. The predicted molar refractivity (Wildman–Crippen MR) is 79.2 cm³/mol. The first-order valence-corrected chi connectivity index (χ1v) is 7.07. The van der Waals surface area contributed by atoms with Gasteiger partial charge in [0.2, 0.25) is 0 Å². The van der Waals surface area contributed by atoms with Crippen molar-refractivity contribution in [3.63, 3.8) is 0 Å². The Balaban J connectivity index is 1.50. The van der Waals surface area contributed by atoms with Gasteiger partial charge in [-0.3, -0.25) is 9.78 Å². The number of nitrogens with one attached hydrogen (secondary N) is 1. The molecule has 114 valence electrons. The Labute approximate surface area is 127 Å². The van der Waals surface area contributed by atoms with Gasteiger partial charge < -0.3 is 4.90 Å². The zero-order chi connectivity index (χ0) is 15.2. The molecule has 0 saturated carbocycles. The molecule has 9 nitrogen and oxygen atoms in total. The number of carbonyl (C=O) groups excluding carboxylic acids is 1. The van der Waals surface area contributed by atoms with Gasteiger partial charge in [0.1, 0.15) is 6.54 Å². The van der Waals surface area contributed by atoms with Gasteiger partial charge in [-0.2, -0.15) is 9.90 Å². The molecule has 9 heteroatoms. The van der Waals surface area contributed by atoms with Crippen molar-refractivity contribution >= 4 is 18.1 Å². The lowest BCUT2D eigenvalue weighted by Gasteiger charge is -2.09. The molecule has 3 rings (SSSR count). The molecule has 0 atom stereocenters. The van der Waals surface area contributed by atoms with E-state index in [4.69, 9.17) is 0 Å². The minimum Gasteiger partial charge on any atom is -0.338 e. The Morgan fingerprint density at radius 3 is 3.00 bits per heavy atom. The van der Waals surface area contributed by atoms with Crippen LogP contribution in [0.1, 0.15) is 18.5 Å². The fourth-order valence-corrected chi connectivity index (χ4v) is 2.13. The Morgan fingerprint density at radius 2 is 2.23 bits per heavy atom. The third kappa shape index (κ3) is 3.62. The topological polar surface area (TPSA) is 101 Å². The Hall–Kier alpha value is -2.84. The lowest BCUT2D eigenvalue weighted by atomic mass is 10.4. The van der Waals surface area contributed by atoms with E-state index in [0.717, 1.165) is 25.9 Å². The maximum absolute atomic E-state index is 11.7. The van der Waals surface area contributed by atoms with Gasteiger partial charge in [0.25, 0.3) is 11.9 Å². The van der Waals surface area contributed by atoms with Crippen molar-refractivity contribution in [2.45, 2.75) is 19.4 Å². The smallest absolute Gasteiger partial charge is 0.266 e. The Morgan fingerprint density at radius 1 is 1.36 bits per heavy atom. The van der Waals surface area contributed by atoms with E-state index in [2.05, 4.69) is 35.8 Å². The van der Waals surface area contributed by atoms with Gasteiger partial charge in [-0.25, -0.2) is 5.43 Å². The molecular weight excluding hydrogens is 284 g/mol. The van der Waals surface area contributed by atoms with E-state index in [1.807, 2.05) is 12.1 Å². The summed E-state index contributed by atoms with van der Waals surface area (Å²) in [5, 5.41) is 15.9. The van der Waals surface area contributed by atoms with Gasteiger partial charge in [0.05, 0.1) is 11.9 Å². The third-order valence-electron chi connectivity index (χ3n) is 3.19. The van der Waals surface area contributed by atoms with Crippen LogP contribution in [0.25, 0.3) is 0 Å². The number of amides is 1. The van der Waals surface area contributed by atoms with Crippen LogP contribution in [0.4, 0.5) is 5.95 Å². The lowest BCUT2D eigenvalue weighted by molar-refractivity contribution is -0.122. The summed E-state index contributed by atoms with van der Waals surface area (Å²) < 4.78 is 0. The molecule has 3 heterocycles. The number of anilines is 1. The number of pyridine rings is 1. The van der Waals surface area contributed by atoms with Gasteiger partial charge in [-0.1, -0.05) is 11.2 Å². The van der Waals surface area contributed by atoms with Crippen molar-refractivity contribution < 1.29 is 4.79 Å². The highest BCUT2D eigenvalue weighted by Crippen LogP contribution is 2.13. The summed E-state index contributed by atoms with van der Waals surface area (Å²) >= 11 is 0. The first-order valence-electron chi connectivity index (χ1n) is 7.07. The molecule has 1 aliphatic rings. The summed E-state index contributed by atoms with van der Waals surface area (Å²) in [6, 6.07) is 5.44. The van der Waals surface area contributed by atoms with Crippen molar-refractivity contribution in [2.24, 2.45) is 5.10 Å². The second-order valence-electron chi connectivity index (χ2n) is 4.86. The number of nitrogens with zero attached hydrogens (tertiary/aromatic N) is 7. The number of tetrazole rings is 1. The van der Waals surface area contributed by atoms with E-state index < -0.39 is 0 Å². The second kappa shape index (κ2) is 6.74. The van der Waals surface area contributed by atoms with Crippen molar-refractivity contribution in [1.82, 2.24) is 30.6 Å². The lowest BCUT2D eigenvalue weighted by Crippen LogP contribution is -2.25. The average molecular weight is 300 g/mol. The highest BCUT2D eigenvalue weighted by atomic mass is 16.2. The summed E-state index contributed by atoms with van der Waals surface area (Å²) in [6.45, 7) is 1.85. The molecule has 0 aliphatic carbocycles. The maximum atomic E-state index is 11.7. The van der Waals surface area contributed by atoms with Gasteiger partial charge in [0.15, 0.2) is 0 Å². The molecule has 2 aromatic rings. The number of hydrazone groups is 1. The Kier molecular flexibility index (Phi) is 4.33. The van der Waals surface area contributed by atoms with Crippen LogP contribution in [0, 0.1) is 0 Å². The van der Waals surface area contributed by atoms with Gasteiger partial charge in [-0.05, 0) is 30.2 Å². The van der Waals surface area contributed by atoms with E-state index >= 15 is 0 Å². The molecule has 2 aromatic heterocycles. The van der Waals surface area contributed by atoms with Crippen LogP contribution in [-0.4, -0.2) is 50.4 Å². The van der Waals surface area contributed by atoms with E-state index in [9.17, 15) is 4.79 Å². The van der Waals surface area contributed by atoms with Crippen LogP contribution in [0.2, 0.25) is 0 Å². The van der Waals surface area contributed by atoms with Crippen molar-refractivity contribution in [1.29, 1.82) is 0 Å². The zero-order valence-corrected chi connectivity index (χ0v) is 12.0. The molecule has 0 bridgehead atoms. The van der Waals surface area contributed by atoms with Crippen LogP contribution in [-0.2, 0) is 11.3 Å². The molecule has 0 unspecified atom stereocenters. The minimum absolute atomic E-state index is 0.0274. The molecule has 22 heavy (non-hydrogen) atoms. The summed E-state index contributed by atoms with van der Waals surface area (Å²) in [6.07, 6.45) is 5.40. The number of carbonyl (C=O) groups is 1. The first kappa shape index (κ1) is 14.1. The quantitative estimate of drug-likeness (QED) is 0.607. The number of hydrogen-bond acceptors (Lipinski definition) is 7. The molecule has 0 radical (unpaired) electrons. The molecule has 1 N–H and O–H groups in total. The highest BCUT2D eigenvalue weighted by molar-refractivity contribution is 5.80. The van der Waals surface area contributed by atoms with Crippen LogP contribution in [0.5, 0.6) is 0 Å². The van der Waals surface area contributed by atoms with Crippen molar-refractivity contribution in [3.05, 3.63) is 30.1 Å². The van der Waals surface area contributed by atoms with E-state index in [1.54, 1.807) is 12.3 Å². The van der Waals surface area contributed by atoms with E-state index in [0.29, 0.717) is 11.6 Å². The predicted octanol–water partition coefficient (Wildman–Crippen LogP) is -0.181. The maximum Gasteiger partial charge on any atom is 0.266 e. The largest absolute Gasteiger partial charge is 0.338 e. The highest BCUT2D eigenvalue weighted by Gasteiger charge is 2.17. The molecule has 0 aromatic carbocycles. The summed E-state index contributed by atoms with van der Waals surface area (Å²) in [4.78, 5) is 19.1. The fourth-order valence-electron chi connectivity index (χ4n) is 2.13. The number of rotatable bonds is 5. The van der Waals surface area contributed by atoms with E-state index in [1.165, 1.54) is 11.0 Å². The van der Waals surface area contributed by atoms with Gasteiger partial charge >= 0.3 is 0 Å². The third-order valence-corrected chi connectivity index (χ3v) is 3.19. The standard InChI is InChI=1S/C13H16N8O/c22-12(16-15-9-11-5-1-2-6-14-11)10-21-18-13(17-19-21)20-7-3-4-8-20/h1-2,5-6,9H,3-4,7-8,10H2,(H,16,22)/b15-9-. The van der Waals surface area contributed by atoms with Crippen LogP contribution in [0.15, 0.2) is 29.5 Å². The van der Waals surface area contributed by atoms with Gasteiger partial charge in [0, 0.05) is 19.3 Å². The summed E-state index contributed by atoms with van der Waals surface area (Å²) in [7, 11) is 0. The molecule has 1 fully saturated rings. The summed E-state index contributed by atoms with van der Waals surface area (Å²) in [5.74, 6) is 0.250. The minimum atomic E-state index is -0.322. The SMILES string of the molecule is O=C(Cn1nnc(N2CCCC2)n1)N/N=C\c1ccccn1. The average Bonchev–Trinajstić information content (AvgIpc) is 3.19. The van der Waals surface area contributed by atoms with Crippen molar-refractivity contribution in [3.8, 4) is 0 Å². The second-order valence-corrected chi connectivity index (χ2v) is 4.86. The Bertz CT molecular complexity index is 647.